The number of anilines is 1. The van der Waals surface area contributed by atoms with E-state index in [2.05, 4.69) is 34.1 Å². The monoisotopic (exact) mass is 399 g/mol. The number of ketones is 1. The van der Waals surface area contributed by atoms with Gasteiger partial charge < -0.3 is 9.32 Å². The summed E-state index contributed by atoms with van der Waals surface area (Å²) >= 11 is 0. The topological polar surface area (TPSA) is 58.7 Å². The number of oxazole rings is 1. The van der Waals surface area contributed by atoms with Crippen LogP contribution in [0, 0.1) is 0 Å². The number of carbonyl (C=O) groups excluding carboxylic acids is 1. The minimum absolute atomic E-state index is 0.225. The standard InChI is InChI=1S/C25H25N3O2/c1-28(2)19-12-10-16(11-13-19)25-24-17(6-5-8-21(24)29)14-18(26-25)15-23-27-20-7-3-4-9-22(20)30-23/h3-4,7,9-13,25H,5-6,8,14-15H2,1-2H3. The van der Waals surface area contributed by atoms with Crippen molar-refractivity contribution in [3.05, 3.63) is 71.1 Å². The van der Waals surface area contributed by atoms with Crippen molar-refractivity contribution >= 4 is 28.3 Å². The van der Waals surface area contributed by atoms with Crippen LogP contribution >= 0.6 is 0 Å². The van der Waals surface area contributed by atoms with Gasteiger partial charge in [-0.05, 0) is 42.7 Å². The Morgan fingerprint density at radius 1 is 1.07 bits per heavy atom. The number of dihydropyridines is 1. The summed E-state index contributed by atoms with van der Waals surface area (Å²) in [6.45, 7) is 0. The molecule has 0 bridgehead atoms. The molecule has 30 heavy (non-hydrogen) atoms. The summed E-state index contributed by atoms with van der Waals surface area (Å²) < 4.78 is 5.93. The average Bonchev–Trinajstić information content (AvgIpc) is 3.15. The Labute approximate surface area is 176 Å². The first-order valence-corrected chi connectivity index (χ1v) is 10.5. The van der Waals surface area contributed by atoms with Crippen LogP contribution in [0.4, 0.5) is 5.69 Å². The van der Waals surface area contributed by atoms with Gasteiger partial charge in [0, 0.05) is 43.9 Å². The Morgan fingerprint density at radius 2 is 1.87 bits per heavy atom. The highest BCUT2D eigenvalue weighted by Crippen LogP contribution is 2.40. The van der Waals surface area contributed by atoms with Crippen molar-refractivity contribution in [1.29, 1.82) is 0 Å². The summed E-state index contributed by atoms with van der Waals surface area (Å²) in [5, 5.41) is 0. The van der Waals surface area contributed by atoms with Crippen LogP contribution in [-0.2, 0) is 11.2 Å². The molecule has 0 fully saturated rings. The Morgan fingerprint density at radius 3 is 2.63 bits per heavy atom. The zero-order valence-electron chi connectivity index (χ0n) is 17.4. The molecule has 0 N–H and O–H groups in total. The number of carbonyl (C=O) groups is 1. The lowest BCUT2D eigenvalue weighted by Crippen LogP contribution is -2.24. The fourth-order valence-corrected chi connectivity index (χ4v) is 4.47. The molecule has 152 valence electrons. The van der Waals surface area contributed by atoms with E-state index in [-0.39, 0.29) is 11.8 Å². The Hall–Kier alpha value is -3.21. The van der Waals surface area contributed by atoms with E-state index < -0.39 is 0 Å². The average molecular weight is 399 g/mol. The van der Waals surface area contributed by atoms with E-state index in [1.807, 2.05) is 38.4 Å². The van der Waals surface area contributed by atoms with Gasteiger partial charge in [-0.2, -0.15) is 0 Å². The van der Waals surface area contributed by atoms with E-state index in [1.54, 1.807) is 0 Å². The number of aromatic nitrogens is 1. The first-order valence-electron chi connectivity index (χ1n) is 10.5. The van der Waals surface area contributed by atoms with Gasteiger partial charge in [-0.3, -0.25) is 9.79 Å². The van der Waals surface area contributed by atoms with E-state index in [1.165, 1.54) is 5.57 Å². The Kier molecular flexibility index (Phi) is 4.74. The van der Waals surface area contributed by atoms with E-state index in [4.69, 9.17) is 9.41 Å². The van der Waals surface area contributed by atoms with Gasteiger partial charge in [0.05, 0.1) is 6.42 Å². The summed E-state index contributed by atoms with van der Waals surface area (Å²) in [5.74, 6) is 0.936. The van der Waals surface area contributed by atoms with Crippen molar-refractivity contribution in [3.63, 3.8) is 0 Å². The van der Waals surface area contributed by atoms with Crippen LogP contribution in [0.2, 0.25) is 0 Å². The highest BCUT2D eigenvalue weighted by Gasteiger charge is 2.32. The lowest BCUT2D eigenvalue weighted by molar-refractivity contribution is -0.116. The summed E-state index contributed by atoms with van der Waals surface area (Å²) in [5.41, 5.74) is 7.07. The quantitative estimate of drug-likeness (QED) is 0.614. The number of rotatable bonds is 4. The molecule has 2 aromatic carbocycles. The van der Waals surface area contributed by atoms with Crippen molar-refractivity contribution in [1.82, 2.24) is 4.98 Å². The fraction of sp³-hybridized carbons (Fsp3) is 0.320. The van der Waals surface area contributed by atoms with Crippen molar-refractivity contribution in [2.75, 3.05) is 19.0 Å². The molecule has 0 radical (unpaired) electrons. The maximum atomic E-state index is 12.8. The van der Waals surface area contributed by atoms with Gasteiger partial charge >= 0.3 is 0 Å². The minimum Gasteiger partial charge on any atom is -0.440 e. The predicted octanol–water partition coefficient (Wildman–Crippen LogP) is 5.07. The predicted molar refractivity (Wildman–Crippen MR) is 119 cm³/mol. The number of nitrogens with zero attached hydrogens (tertiary/aromatic N) is 3. The van der Waals surface area contributed by atoms with Crippen LogP contribution in [0.3, 0.4) is 0 Å². The van der Waals surface area contributed by atoms with Crippen LogP contribution in [0.5, 0.6) is 0 Å². The first-order chi connectivity index (χ1) is 14.6. The third kappa shape index (κ3) is 3.45. The highest BCUT2D eigenvalue weighted by molar-refractivity contribution is 6.02. The Bertz CT molecular complexity index is 1140. The molecule has 1 unspecified atom stereocenters. The van der Waals surface area contributed by atoms with Crippen LogP contribution in [0.25, 0.3) is 11.1 Å². The molecule has 1 atom stereocenters. The molecular formula is C25H25N3O2. The van der Waals surface area contributed by atoms with Crippen LogP contribution in [0.1, 0.15) is 43.2 Å². The molecule has 1 aromatic heterocycles. The SMILES string of the molecule is CN(C)c1ccc(C2N=C(Cc3nc4ccccc4o3)CC3=C2C(=O)CCC3)cc1. The molecule has 1 aliphatic heterocycles. The first kappa shape index (κ1) is 18.8. The smallest absolute Gasteiger partial charge is 0.201 e. The number of para-hydroxylation sites is 2. The van der Waals surface area contributed by atoms with Gasteiger partial charge in [0.15, 0.2) is 11.4 Å². The van der Waals surface area contributed by atoms with E-state index in [9.17, 15) is 4.79 Å². The molecule has 0 saturated heterocycles. The van der Waals surface area contributed by atoms with Gasteiger partial charge in [0.25, 0.3) is 0 Å². The lowest BCUT2D eigenvalue weighted by atomic mass is 9.79. The summed E-state index contributed by atoms with van der Waals surface area (Å²) in [4.78, 5) is 24.5. The number of allylic oxidation sites excluding steroid dienone is 1. The summed E-state index contributed by atoms with van der Waals surface area (Å²) in [6, 6.07) is 16.0. The van der Waals surface area contributed by atoms with Crippen LogP contribution in [-0.4, -0.2) is 30.6 Å². The van der Waals surface area contributed by atoms with Crippen molar-refractivity contribution in [2.24, 2.45) is 4.99 Å². The van der Waals surface area contributed by atoms with Crippen molar-refractivity contribution in [3.8, 4) is 0 Å². The molecule has 5 heteroatoms. The second kappa shape index (κ2) is 7.56. The third-order valence-electron chi connectivity index (χ3n) is 5.98. The number of fused-ring (bicyclic) bond motifs is 1. The number of benzene rings is 2. The maximum Gasteiger partial charge on any atom is 0.201 e. The minimum atomic E-state index is -0.225. The van der Waals surface area contributed by atoms with Gasteiger partial charge in [0.1, 0.15) is 11.6 Å². The number of Topliss-reactive ketones (excluding diaryl/α,β-unsaturated/α-hetero) is 1. The summed E-state index contributed by atoms with van der Waals surface area (Å²) in [6.07, 6.45) is 3.85. The maximum absolute atomic E-state index is 12.8. The van der Waals surface area contributed by atoms with E-state index in [0.29, 0.717) is 18.7 Å². The number of aliphatic imine (C=N–C) groups is 1. The molecule has 3 aromatic rings. The molecular weight excluding hydrogens is 374 g/mol. The van der Waals surface area contributed by atoms with Gasteiger partial charge in [-0.1, -0.05) is 29.8 Å². The second-order valence-corrected chi connectivity index (χ2v) is 8.31. The normalized spacial score (nSPS) is 19.1. The molecule has 2 heterocycles. The van der Waals surface area contributed by atoms with Crippen LogP contribution in [0.15, 0.2) is 69.1 Å². The molecule has 0 spiro atoms. The van der Waals surface area contributed by atoms with Crippen molar-refractivity contribution < 1.29 is 9.21 Å². The van der Waals surface area contributed by atoms with E-state index >= 15 is 0 Å². The fourth-order valence-electron chi connectivity index (χ4n) is 4.47. The lowest BCUT2D eigenvalue weighted by Gasteiger charge is -2.30. The van der Waals surface area contributed by atoms with Gasteiger partial charge in [-0.15, -0.1) is 0 Å². The second-order valence-electron chi connectivity index (χ2n) is 8.31. The van der Waals surface area contributed by atoms with Gasteiger partial charge in [-0.25, -0.2) is 4.98 Å². The van der Waals surface area contributed by atoms with E-state index in [0.717, 1.165) is 52.9 Å². The molecule has 0 saturated carbocycles. The molecule has 2 aliphatic rings. The highest BCUT2D eigenvalue weighted by atomic mass is 16.3. The van der Waals surface area contributed by atoms with Crippen LogP contribution < -0.4 is 4.90 Å². The largest absolute Gasteiger partial charge is 0.440 e. The molecule has 5 rings (SSSR count). The molecule has 0 amide bonds. The Balaban J connectivity index is 1.50. The third-order valence-corrected chi connectivity index (χ3v) is 5.98. The van der Waals surface area contributed by atoms with Gasteiger partial charge in [0.2, 0.25) is 5.89 Å². The van der Waals surface area contributed by atoms with Crippen molar-refractivity contribution in [2.45, 2.75) is 38.1 Å². The number of hydrogen-bond acceptors (Lipinski definition) is 5. The molecule has 1 aliphatic carbocycles. The zero-order valence-corrected chi connectivity index (χ0v) is 17.4. The summed E-state index contributed by atoms with van der Waals surface area (Å²) in [7, 11) is 4.05. The molecule has 5 nitrogen and oxygen atoms in total. The zero-order chi connectivity index (χ0) is 20.7. The number of hydrogen-bond donors (Lipinski definition) is 0.